The van der Waals surface area contributed by atoms with E-state index in [-0.39, 0.29) is 6.09 Å². The molecule has 0 aromatic carbocycles. The summed E-state index contributed by atoms with van der Waals surface area (Å²) in [4.78, 5) is 16.3. The summed E-state index contributed by atoms with van der Waals surface area (Å²) in [7, 11) is 0. The van der Waals surface area contributed by atoms with E-state index in [0.29, 0.717) is 19.1 Å². The lowest BCUT2D eigenvalue weighted by Crippen LogP contribution is -2.52. The van der Waals surface area contributed by atoms with Gasteiger partial charge >= 0.3 is 6.09 Å². The second-order valence-electron chi connectivity index (χ2n) is 7.91. The van der Waals surface area contributed by atoms with Crippen LogP contribution in [0.25, 0.3) is 0 Å². The van der Waals surface area contributed by atoms with Crippen molar-refractivity contribution in [2.75, 3.05) is 39.3 Å². The van der Waals surface area contributed by atoms with Crippen molar-refractivity contribution in [3.63, 3.8) is 0 Å². The highest BCUT2D eigenvalue weighted by molar-refractivity contribution is 5.68. The molecule has 1 unspecified atom stereocenters. The van der Waals surface area contributed by atoms with E-state index in [4.69, 9.17) is 4.74 Å². The number of rotatable bonds is 4. The summed E-state index contributed by atoms with van der Waals surface area (Å²) in [6, 6.07) is 0.312. The molecule has 2 aliphatic rings. The highest BCUT2D eigenvalue weighted by atomic mass is 16.6. The van der Waals surface area contributed by atoms with Crippen LogP contribution in [-0.4, -0.2) is 77.5 Å². The fourth-order valence-corrected chi connectivity index (χ4v) is 3.46. The van der Waals surface area contributed by atoms with E-state index >= 15 is 0 Å². The Balaban J connectivity index is 1.89. The van der Waals surface area contributed by atoms with Gasteiger partial charge in [-0.1, -0.05) is 6.92 Å². The summed E-state index contributed by atoms with van der Waals surface area (Å²) in [6.45, 7) is 12.6. The molecule has 1 atom stereocenters. The number of carbonyl (C=O) groups excluding carboxylic acids is 1. The van der Waals surface area contributed by atoms with Crippen LogP contribution in [0.4, 0.5) is 4.79 Å². The van der Waals surface area contributed by atoms with Gasteiger partial charge in [-0.2, -0.15) is 0 Å². The van der Waals surface area contributed by atoms with Gasteiger partial charge in [0.2, 0.25) is 0 Å². The van der Waals surface area contributed by atoms with Crippen LogP contribution in [0.1, 0.15) is 47.0 Å². The predicted molar refractivity (Wildman–Crippen MR) is 90.5 cm³/mol. The fourth-order valence-electron chi connectivity index (χ4n) is 3.46. The molecule has 2 N–H and O–H groups in total. The van der Waals surface area contributed by atoms with Gasteiger partial charge in [0, 0.05) is 25.7 Å². The molecule has 6 nitrogen and oxygen atoms in total. The van der Waals surface area contributed by atoms with E-state index in [1.807, 2.05) is 20.8 Å². The van der Waals surface area contributed by atoms with Crippen molar-refractivity contribution in [1.29, 1.82) is 0 Å². The first kappa shape index (κ1) is 18.5. The molecule has 0 aromatic heterocycles. The molecule has 1 amide bonds. The SMILES string of the molecule is CCN(CC1(O)CCNCC1)C1CCN(C(=O)OC(C)(C)C)C1. The number of ether oxygens (including phenoxy) is 1. The van der Waals surface area contributed by atoms with Crippen molar-refractivity contribution in [1.82, 2.24) is 15.1 Å². The summed E-state index contributed by atoms with van der Waals surface area (Å²) in [5.41, 5.74) is -1.05. The Bertz CT molecular complexity index is 402. The summed E-state index contributed by atoms with van der Waals surface area (Å²) in [5.74, 6) is 0. The van der Waals surface area contributed by atoms with Gasteiger partial charge in [0.15, 0.2) is 0 Å². The number of likely N-dealkylation sites (N-methyl/N-ethyl adjacent to an activating group) is 1. The van der Waals surface area contributed by atoms with Crippen LogP contribution in [0.3, 0.4) is 0 Å². The Kier molecular flexibility index (Phi) is 5.92. The summed E-state index contributed by atoms with van der Waals surface area (Å²) in [5, 5.41) is 14.1. The van der Waals surface area contributed by atoms with E-state index in [0.717, 1.165) is 45.4 Å². The number of hydrogen-bond acceptors (Lipinski definition) is 5. The second kappa shape index (κ2) is 7.36. The summed E-state index contributed by atoms with van der Waals surface area (Å²) >= 11 is 0. The molecule has 2 fully saturated rings. The van der Waals surface area contributed by atoms with Crippen molar-refractivity contribution in [2.24, 2.45) is 0 Å². The first-order valence-corrected chi connectivity index (χ1v) is 8.87. The molecular formula is C17H33N3O3. The van der Waals surface area contributed by atoms with Crippen molar-refractivity contribution in [3.8, 4) is 0 Å². The second-order valence-corrected chi connectivity index (χ2v) is 7.91. The average Bonchev–Trinajstić information content (AvgIpc) is 2.93. The largest absolute Gasteiger partial charge is 0.444 e. The first-order chi connectivity index (χ1) is 10.7. The third kappa shape index (κ3) is 5.33. The van der Waals surface area contributed by atoms with Crippen LogP contribution in [0.15, 0.2) is 0 Å². The number of likely N-dealkylation sites (tertiary alicyclic amines) is 1. The van der Waals surface area contributed by atoms with Crippen LogP contribution in [-0.2, 0) is 4.74 Å². The highest BCUT2D eigenvalue weighted by Crippen LogP contribution is 2.24. The van der Waals surface area contributed by atoms with Crippen molar-refractivity contribution in [3.05, 3.63) is 0 Å². The van der Waals surface area contributed by atoms with Crippen molar-refractivity contribution < 1.29 is 14.6 Å². The third-order valence-corrected chi connectivity index (χ3v) is 4.77. The number of nitrogens with one attached hydrogen (secondary N) is 1. The van der Waals surface area contributed by atoms with Crippen LogP contribution in [0.2, 0.25) is 0 Å². The van der Waals surface area contributed by atoms with Gasteiger partial charge in [0.25, 0.3) is 0 Å². The van der Waals surface area contributed by atoms with Gasteiger partial charge in [-0.25, -0.2) is 4.79 Å². The Morgan fingerprint density at radius 3 is 2.61 bits per heavy atom. The third-order valence-electron chi connectivity index (χ3n) is 4.77. The van der Waals surface area contributed by atoms with Gasteiger partial charge in [-0.15, -0.1) is 0 Å². The number of amides is 1. The van der Waals surface area contributed by atoms with Crippen molar-refractivity contribution >= 4 is 6.09 Å². The van der Waals surface area contributed by atoms with Gasteiger partial charge in [0.05, 0.1) is 5.60 Å². The number of hydrogen-bond donors (Lipinski definition) is 2. The Labute approximate surface area is 140 Å². The zero-order valence-electron chi connectivity index (χ0n) is 15.1. The minimum atomic E-state index is -0.597. The van der Waals surface area contributed by atoms with E-state index in [2.05, 4.69) is 17.1 Å². The number of nitrogens with zero attached hydrogens (tertiary/aromatic N) is 2. The Morgan fingerprint density at radius 1 is 1.39 bits per heavy atom. The predicted octanol–water partition coefficient (Wildman–Crippen LogP) is 1.43. The summed E-state index contributed by atoms with van der Waals surface area (Å²) < 4.78 is 5.46. The average molecular weight is 327 g/mol. The molecule has 134 valence electrons. The normalized spacial score (nSPS) is 25.0. The number of carbonyl (C=O) groups is 1. The maximum absolute atomic E-state index is 12.2. The van der Waals surface area contributed by atoms with Crippen LogP contribution >= 0.6 is 0 Å². The molecule has 6 heteroatoms. The van der Waals surface area contributed by atoms with E-state index in [1.165, 1.54) is 0 Å². The molecule has 2 heterocycles. The number of aliphatic hydroxyl groups is 1. The standard InChI is InChI=1S/C17H33N3O3/c1-5-19(13-17(22)7-9-18-10-8-17)14-6-11-20(12-14)15(21)23-16(2,3)4/h14,18,22H,5-13H2,1-4H3. The van der Waals surface area contributed by atoms with Crippen LogP contribution in [0, 0.1) is 0 Å². The smallest absolute Gasteiger partial charge is 0.410 e. The molecule has 0 aliphatic carbocycles. The minimum absolute atomic E-state index is 0.225. The molecule has 2 saturated heterocycles. The van der Waals surface area contributed by atoms with Crippen LogP contribution in [0.5, 0.6) is 0 Å². The molecule has 0 spiro atoms. The zero-order valence-corrected chi connectivity index (χ0v) is 15.1. The molecule has 23 heavy (non-hydrogen) atoms. The lowest BCUT2D eigenvalue weighted by Gasteiger charge is -2.39. The van der Waals surface area contributed by atoms with Crippen molar-refractivity contribution in [2.45, 2.75) is 64.2 Å². The van der Waals surface area contributed by atoms with E-state index in [9.17, 15) is 9.90 Å². The van der Waals surface area contributed by atoms with Gasteiger partial charge in [0.1, 0.15) is 5.60 Å². The van der Waals surface area contributed by atoms with Crippen LogP contribution < -0.4 is 5.32 Å². The maximum atomic E-state index is 12.2. The molecule has 0 bridgehead atoms. The molecule has 2 aliphatic heterocycles. The monoisotopic (exact) mass is 327 g/mol. The fraction of sp³-hybridized carbons (Fsp3) is 0.941. The first-order valence-electron chi connectivity index (χ1n) is 8.87. The molecule has 2 rings (SSSR count). The molecular weight excluding hydrogens is 294 g/mol. The topological polar surface area (TPSA) is 65.0 Å². The maximum Gasteiger partial charge on any atom is 0.410 e. The molecule has 0 aromatic rings. The highest BCUT2D eigenvalue weighted by Gasteiger charge is 2.37. The van der Waals surface area contributed by atoms with Gasteiger partial charge in [-0.3, -0.25) is 4.90 Å². The van der Waals surface area contributed by atoms with E-state index < -0.39 is 11.2 Å². The zero-order chi connectivity index (χ0) is 17.1. The lowest BCUT2D eigenvalue weighted by atomic mass is 9.91. The molecule has 0 saturated carbocycles. The Hall–Kier alpha value is -0.850. The van der Waals surface area contributed by atoms with Gasteiger partial charge < -0.3 is 20.1 Å². The summed E-state index contributed by atoms with van der Waals surface area (Å²) in [6.07, 6.45) is 2.32. The molecule has 0 radical (unpaired) electrons. The lowest BCUT2D eigenvalue weighted by molar-refractivity contribution is -0.0290. The quantitative estimate of drug-likeness (QED) is 0.818. The Morgan fingerprint density at radius 2 is 2.04 bits per heavy atom. The van der Waals surface area contributed by atoms with Gasteiger partial charge in [-0.05, 0) is 59.7 Å². The van der Waals surface area contributed by atoms with E-state index in [1.54, 1.807) is 4.90 Å². The number of piperidine rings is 1. The minimum Gasteiger partial charge on any atom is -0.444 e.